The van der Waals surface area contributed by atoms with Gasteiger partial charge in [-0.05, 0) is 81.5 Å². The van der Waals surface area contributed by atoms with Gasteiger partial charge in [0.15, 0.2) is 5.78 Å². The minimum Gasteiger partial charge on any atom is -0.289 e. The van der Waals surface area contributed by atoms with Crippen molar-refractivity contribution in [3.05, 3.63) is 107 Å². The molecule has 1 aliphatic rings. The fourth-order valence-electron chi connectivity index (χ4n) is 4.47. The highest BCUT2D eigenvalue weighted by atomic mass is 32.1. The summed E-state index contributed by atoms with van der Waals surface area (Å²) in [6.07, 6.45) is 0. The Balaban J connectivity index is 1.23. The molecule has 0 aliphatic heterocycles. The van der Waals surface area contributed by atoms with Gasteiger partial charge in [-0.2, -0.15) is 0 Å². The fourth-order valence-corrected chi connectivity index (χ4v) is 8.15. The molecule has 7 rings (SSSR count). The van der Waals surface area contributed by atoms with E-state index in [0.717, 1.165) is 33.4 Å². The Bertz CT molecular complexity index is 1540. The zero-order valence-corrected chi connectivity index (χ0v) is 21.0. The lowest BCUT2D eigenvalue weighted by Gasteiger charge is -2.04. The quantitative estimate of drug-likeness (QED) is 0.231. The van der Waals surface area contributed by atoms with Crippen molar-refractivity contribution in [1.29, 1.82) is 0 Å². The first kappa shape index (κ1) is 20.3. The monoisotopic (exact) mass is 508 g/mol. The van der Waals surface area contributed by atoms with Crippen LogP contribution in [-0.2, 0) is 0 Å². The summed E-state index contributed by atoms with van der Waals surface area (Å²) >= 11 is 7.06. The van der Waals surface area contributed by atoms with E-state index in [1.165, 1.54) is 29.3 Å². The SMILES string of the molecule is O=C1c2cc(-c3ccc(-c4cccs4)s3)ccc2-c2ccc(-c3ccc(-c4cccs4)s3)cc21. The van der Waals surface area contributed by atoms with Crippen molar-refractivity contribution in [3.8, 4) is 51.5 Å². The van der Waals surface area contributed by atoms with Crippen LogP contribution in [0, 0.1) is 0 Å². The minimum atomic E-state index is 0.124. The predicted octanol–water partition coefficient (Wildman–Crippen LogP) is 9.81. The fraction of sp³-hybridized carbons (Fsp3) is 0. The first-order valence-electron chi connectivity index (χ1n) is 10.9. The molecule has 162 valence electrons. The summed E-state index contributed by atoms with van der Waals surface area (Å²) in [5.41, 5.74) is 5.90. The number of carbonyl (C=O) groups excluding carboxylic acids is 1. The molecule has 0 unspecified atom stereocenters. The van der Waals surface area contributed by atoms with Crippen molar-refractivity contribution in [2.75, 3.05) is 0 Å². The third kappa shape index (κ3) is 3.28. The molecule has 0 spiro atoms. The van der Waals surface area contributed by atoms with Gasteiger partial charge in [-0.3, -0.25) is 4.79 Å². The number of ketones is 1. The highest BCUT2D eigenvalue weighted by Gasteiger charge is 2.27. The molecule has 1 nitrogen and oxygen atoms in total. The topological polar surface area (TPSA) is 17.1 Å². The lowest BCUT2D eigenvalue weighted by Crippen LogP contribution is -1.95. The second kappa shape index (κ2) is 8.00. The number of carbonyl (C=O) groups is 1. The van der Waals surface area contributed by atoms with Crippen LogP contribution in [0.4, 0.5) is 0 Å². The third-order valence-electron chi connectivity index (χ3n) is 6.13. The Morgan fingerprint density at radius 2 is 0.912 bits per heavy atom. The Kier molecular flexibility index (Phi) is 4.77. The van der Waals surface area contributed by atoms with E-state index >= 15 is 0 Å². The first-order valence-corrected chi connectivity index (χ1v) is 14.3. The number of hydrogen-bond donors (Lipinski definition) is 0. The molecule has 4 heterocycles. The molecule has 0 saturated carbocycles. The molecule has 0 atom stereocenters. The van der Waals surface area contributed by atoms with Crippen LogP contribution in [0.15, 0.2) is 95.7 Å². The van der Waals surface area contributed by atoms with Crippen molar-refractivity contribution in [1.82, 2.24) is 0 Å². The van der Waals surface area contributed by atoms with Gasteiger partial charge in [-0.25, -0.2) is 0 Å². The number of thiophene rings is 4. The number of benzene rings is 2. The lowest BCUT2D eigenvalue weighted by molar-refractivity contribution is 0.104. The Morgan fingerprint density at radius 3 is 1.35 bits per heavy atom. The highest BCUT2D eigenvalue weighted by molar-refractivity contribution is 7.23. The number of rotatable bonds is 4. The molecule has 4 aromatic heterocycles. The van der Waals surface area contributed by atoms with Gasteiger partial charge in [0.2, 0.25) is 0 Å². The maximum Gasteiger partial charge on any atom is 0.194 e. The molecule has 0 radical (unpaired) electrons. The number of hydrogen-bond acceptors (Lipinski definition) is 5. The van der Waals surface area contributed by atoms with Gasteiger partial charge < -0.3 is 0 Å². The molecule has 0 fully saturated rings. The van der Waals surface area contributed by atoms with Crippen LogP contribution in [0.2, 0.25) is 0 Å². The van der Waals surface area contributed by atoms with E-state index in [0.29, 0.717) is 0 Å². The average molecular weight is 509 g/mol. The summed E-state index contributed by atoms with van der Waals surface area (Å²) < 4.78 is 0. The summed E-state index contributed by atoms with van der Waals surface area (Å²) in [4.78, 5) is 20.9. The molecule has 5 heteroatoms. The van der Waals surface area contributed by atoms with Gasteiger partial charge in [-0.1, -0.05) is 36.4 Å². The Labute approximate surface area is 213 Å². The largest absolute Gasteiger partial charge is 0.289 e. The molecule has 6 aromatic rings. The van der Waals surface area contributed by atoms with Crippen LogP contribution in [0.25, 0.3) is 51.5 Å². The van der Waals surface area contributed by atoms with Gasteiger partial charge in [-0.15, -0.1) is 45.3 Å². The van der Waals surface area contributed by atoms with Crippen LogP contribution < -0.4 is 0 Å². The van der Waals surface area contributed by atoms with Crippen molar-refractivity contribution in [3.63, 3.8) is 0 Å². The van der Waals surface area contributed by atoms with E-state index in [-0.39, 0.29) is 5.78 Å². The smallest absolute Gasteiger partial charge is 0.194 e. The van der Waals surface area contributed by atoms with Gasteiger partial charge in [0.25, 0.3) is 0 Å². The van der Waals surface area contributed by atoms with E-state index in [9.17, 15) is 4.79 Å². The molecule has 0 amide bonds. The number of fused-ring (bicyclic) bond motifs is 3. The van der Waals surface area contributed by atoms with Gasteiger partial charge in [0, 0.05) is 40.4 Å². The van der Waals surface area contributed by atoms with E-state index in [1.807, 2.05) is 0 Å². The molecular weight excluding hydrogens is 493 g/mol. The molecule has 2 aromatic carbocycles. The van der Waals surface area contributed by atoms with E-state index in [2.05, 4.69) is 95.7 Å². The summed E-state index contributed by atoms with van der Waals surface area (Å²) in [7, 11) is 0. The minimum absolute atomic E-state index is 0.124. The van der Waals surface area contributed by atoms with E-state index < -0.39 is 0 Å². The molecule has 1 aliphatic carbocycles. The zero-order chi connectivity index (χ0) is 22.6. The van der Waals surface area contributed by atoms with Gasteiger partial charge in [0.1, 0.15) is 0 Å². The maximum absolute atomic E-state index is 13.4. The van der Waals surface area contributed by atoms with Crippen molar-refractivity contribution < 1.29 is 4.79 Å². The van der Waals surface area contributed by atoms with Crippen LogP contribution >= 0.6 is 45.3 Å². The lowest BCUT2D eigenvalue weighted by atomic mass is 10.0. The summed E-state index contributed by atoms with van der Waals surface area (Å²) in [5, 5.41) is 4.21. The van der Waals surface area contributed by atoms with Crippen molar-refractivity contribution in [2.45, 2.75) is 0 Å². The second-order valence-electron chi connectivity index (χ2n) is 8.13. The third-order valence-corrected chi connectivity index (χ3v) is 10.5. The highest BCUT2D eigenvalue weighted by Crippen LogP contribution is 2.44. The first-order chi connectivity index (χ1) is 16.7. The standard InChI is InChI=1S/C29H16OS4/c30-29-21-15-17(23-9-11-27(33-23)25-3-1-13-31-25)5-7-19(21)20-8-6-18(16-22(20)29)24-10-12-28(34-24)26-4-2-14-32-26/h1-16H. The van der Waals surface area contributed by atoms with Crippen molar-refractivity contribution >= 4 is 51.1 Å². The molecule has 0 saturated heterocycles. The Morgan fingerprint density at radius 1 is 0.441 bits per heavy atom. The van der Waals surface area contributed by atoms with Crippen LogP contribution in [0.3, 0.4) is 0 Å². The van der Waals surface area contributed by atoms with E-state index in [1.54, 1.807) is 45.3 Å². The van der Waals surface area contributed by atoms with Gasteiger partial charge >= 0.3 is 0 Å². The zero-order valence-electron chi connectivity index (χ0n) is 17.8. The molecule has 34 heavy (non-hydrogen) atoms. The van der Waals surface area contributed by atoms with Gasteiger partial charge in [0.05, 0.1) is 0 Å². The van der Waals surface area contributed by atoms with Crippen molar-refractivity contribution in [2.24, 2.45) is 0 Å². The normalized spacial score (nSPS) is 12.2. The molecule has 0 N–H and O–H groups in total. The molecule has 0 bridgehead atoms. The summed E-state index contributed by atoms with van der Waals surface area (Å²) in [6.45, 7) is 0. The van der Waals surface area contributed by atoms with Crippen LogP contribution in [-0.4, -0.2) is 5.78 Å². The van der Waals surface area contributed by atoms with E-state index in [4.69, 9.17) is 0 Å². The second-order valence-corrected chi connectivity index (χ2v) is 12.2. The summed E-state index contributed by atoms with van der Waals surface area (Å²) in [5.74, 6) is 0.124. The Hall–Kier alpha value is -3.09. The van der Waals surface area contributed by atoms with Crippen LogP contribution in [0.5, 0.6) is 0 Å². The molecular formula is C29H16OS4. The summed E-state index contributed by atoms with van der Waals surface area (Å²) in [6, 6.07) is 29.8. The average Bonchev–Trinajstić information content (AvgIpc) is 3.69. The predicted molar refractivity (Wildman–Crippen MR) is 149 cm³/mol. The maximum atomic E-state index is 13.4. The van der Waals surface area contributed by atoms with Crippen LogP contribution in [0.1, 0.15) is 15.9 Å².